The van der Waals surface area contributed by atoms with Crippen LogP contribution in [0.4, 0.5) is 0 Å². The first-order valence-corrected chi connectivity index (χ1v) is 8.30. The van der Waals surface area contributed by atoms with Crippen molar-refractivity contribution in [3.05, 3.63) is 0 Å². The highest BCUT2D eigenvalue weighted by molar-refractivity contribution is 5.78. The van der Waals surface area contributed by atoms with Crippen LogP contribution in [0.15, 0.2) is 0 Å². The molecule has 2 aliphatic carbocycles. The Labute approximate surface area is 118 Å². The van der Waals surface area contributed by atoms with E-state index in [-0.39, 0.29) is 28.9 Å². The predicted octanol–water partition coefficient (Wildman–Crippen LogP) is 1.19. The number of nitrogens with zero attached hydrogens (tertiary/aromatic N) is 1. The van der Waals surface area contributed by atoms with E-state index in [9.17, 15) is 4.79 Å². The largest absolute Gasteiger partial charge is 0.462 e. The molecule has 0 radical (unpaired) electrons. The van der Waals surface area contributed by atoms with Crippen LogP contribution >= 0.6 is 0 Å². The first-order valence-electron chi connectivity index (χ1n) is 8.30. The molecular formula is C16H21NO3. The van der Waals surface area contributed by atoms with Crippen LogP contribution in [0, 0.1) is 23.2 Å². The van der Waals surface area contributed by atoms with Gasteiger partial charge in [0.15, 0.2) is 0 Å². The molecule has 0 N–H and O–H groups in total. The second-order valence-corrected chi connectivity index (χ2v) is 8.02. The van der Waals surface area contributed by atoms with E-state index in [1.165, 1.54) is 25.8 Å². The average molecular weight is 275 g/mol. The minimum Gasteiger partial charge on any atom is -0.462 e. The maximum absolute atomic E-state index is 12.5. The summed E-state index contributed by atoms with van der Waals surface area (Å²) < 4.78 is 11.9. The van der Waals surface area contributed by atoms with Crippen molar-refractivity contribution in [2.24, 2.45) is 23.2 Å². The van der Waals surface area contributed by atoms with Crippen molar-refractivity contribution in [3.8, 4) is 0 Å². The molecule has 0 aromatic rings. The van der Waals surface area contributed by atoms with E-state index >= 15 is 0 Å². The summed E-state index contributed by atoms with van der Waals surface area (Å²) in [5, 5.41) is 0. The van der Waals surface area contributed by atoms with Gasteiger partial charge in [0.2, 0.25) is 0 Å². The molecule has 6 aliphatic rings. The van der Waals surface area contributed by atoms with Gasteiger partial charge in [0, 0.05) is 23.4 Å². The van der Waals surface area contributed by atoms with Crippen molar-refractivity contribution >= 4 is 5.97 Å². The molecule has 1 spiro atoms. The number of fused-ring (bicyclic) bond motifs is 4. The lowest BCUT2D eigenvalue weighted by molar-refractivity contribution is -0.269. The fourth-order valence-electron chi connectivity index (χ4n) is 7.44. The standard InChI is InChI=1S/C16H21NO3/c1-8-6-15-9-3-2-4-17(15)7-12-13(19-12)16(8,15)10-5-11(9)20-14(10)18/h8-13H,2-7H2,1H3/t8-,9-,10+,11+,12-,13+,15-,16-/m0/s1. The summed E-state index contributed by atoms with van der Waals surface area (Å²) in [4.78, 5) is 15.2. The van der Waals surface area contributed by atoms with Gasteiger partial charge in [0.1, 0.15) is 6.10 Å². The van der Waals surface area contributed by atoms with E-state index in [2.05, 4.69) is 11.8 Å². The monoisotopic (exact) mass is 275 g/mol. The number of hydrogen-bond acceptors (Lipinski definition) is 4. The van der Waals surface area contributed by atoms with Crippen molar-refractivity contribution in [1.82, 2.24) is 4.90 Å². The van der Waals surface area contributed by atoms with E-state index in [1.807, 2.05) is 0 Å². The average Bonchev–Trinajstić information content (AvgIpc) is 3.08. The third kappa shape index (κ3) is 0.822. The number of epoxide rings is 1. The SMILES string of the molecule is C[C@H]1C[C@@]23[C@H]4CCCN2C[C@@H]2O[C@H]2[C@@]13[C@@H]1C[C@H]4OC1=O. The van der Waals surface area contributed by atoms with Gasteiger partial charge in [-0.1, -0.05) is 6.92 Å². The van der Waals surface area contributed by atoms with Gasteiger partial charge in [-0.3, -0.25) is 9.69 Å². The highest BCUT2D eigenvalue weighted by Crippen LogP contribution is 2.78. The number of rotatable bonds is 0. The van der Waals surface area contributed by atoms with E-state index in [1.54, 1.807) is 0 Å². The van der Waals surface area contributed by atoms with E-state index in [0.29, 0.717) is 24.0 Å². The fraction of sp³-hybridized carbons (Fsp3) is 0.938. The lowest BCUT2D eigenvalue weighted by Gasteiger charge is -2.75. The van der Waals surface area contributed by atoms with Gasteiger partial charge in [0.05, 0.1) is 18.1 Å². The van der Waals surface area contributed by atoms with Crippen molar-refractivity contribution < 1.29 is 14.3 Å². The third-order valence-corrected chi connectivity index (χ3v) is 7.80. The van der Waals surface area contributed by atoms with Gasteiger partial charge < -0.3 is 9.47 Å². The van der Waals surface area contributed by atoms with Crippen LogP contribution in [0.25, 0.3) is 0 Å². The molecule has 0 unspecified atom stereocenters. The third-order valence-electron chi connectivity index (χ3n) is 7.80. The molecule has 8 atom stereocenters. The van der Waals surface area contributed by atoms with Crippen LogP contribution in [0.1, 0.15) is 32.6 Å². The summed E-state index contributed by atoms with van der Waals surface area (Å²) in [7, 11) is 0. The molecule has 4 heteroatoms. The Kier molecular flexibility index (Phi) is 1.63. The zero-order valence-electron chi connectivity index (χ0n) is 11.9. The first-order chi connectivity index (χ1) is 9.69. The Bertz CT molecular complexity index is 536. The minimum absolute atomic E-state index is 0.0884. The molecule has 20 heavy (non-hydrogen) atoms. The van der Waals surface area contributed by atoms with Crippen molar-refractivity contribution in [1.29, 1.82) is 0 Å². The summed E-state index contributed by atoms with van der Waals surface area (Å²) in [6, 6.07) is 0. The number of ether oxygens (including phenoxy) is 2. The fourth-order valence-corrected chi connectivity index (χ4v) is 7.44. The lowest BCUT2D eigenvalue weighted by Crippen LogP contribution is -2.84. The van der Waals surface area contributed by atoms with Crippen LogP contribution in [0.5, 0.6) is 0 Å². The molecule has 2 saturated carbocycles. The minimum atomic E-state index is 0.0884. The van der Waals surface area contributed by atoms with E-state index in [4.69, 9.17) is 9.47 Å². The highest BCUT2D eigenvalue weighted by atomic mass is 16.6. The van der Waals surface area contributed by atoms with E-state index < -0.39 is 0 Å². The first kappa shape index (κ1) is 11.0. The van der Waals surface area contributed by atoms with Crippen molar-refractivity contribution in [3.63, 3.8) is 0 Å². The van der Waals surface area contributed by atoms with Crippen LogP contribution in [0.2, 0.25) is 0 Å². The van der Waals surface area contributed by atoms with Crippen LogP contribution in [-0.4, -0.2) is 47.8 Å². The number of piperidine rings is 2. The molecule has 4 nitrogen and oxygen atoms in total. The molecule has 4 aliphatic heterocycles. The summed E-state index contributed by atoms with van der Waals surface area (Å²) in [5.74, 6) is 1.38. The molecule has 6 fully saturated rings. The molecule has 4 heterocycles. The van der Waals surface area contributed by atoms with Gasteiger partial charge in [-0.15, -0.1) is 0 Å². The van der Waals surface area contributed by atoms with Crippen molar-refractivity contribution in [2.75, 3.05) is 13.1 Å². The summed E-state index contributed by atoms with van der Waals surface area (Å²) in [5.41, 5.74) is 0.327. The molecule has 0 aromatic carbocycles. The van der Waals surface area contributed by atoms with Crippen molar-refractivity contribution in [2.45, 2.75) is 56.5 Å². The van der Waals surface area contributed by atoms with Gasteiger partial charge >= 0.3 is 5.97 Å². The lowest BCUT2D eigenvalue weighted by atomic mass is 9.34. The Morgan fingerprint density at radius 2 is 2.25 bits per heavy atom. The normalized spacial score (nSPS) is 65.5. The molecule has 4 saturated heterocycles. The molecule has 108 valence electrons. The second-order valence-electron chi connectivity index (χ2n) is 8.02. The van der Waals surface area contributed by atoms with E-state index in [0.717, 1.165) is 13.0 Å². The quantitative estimate of drug-likeness (QED) is 0.492. The second kappa shape index (κ2) is 2.95. The number of hydrogen-bond donors (Lipinski definition) is 0. The number of esters is 1. The van der Waals surface area contributed by atoms with Crippen LogP contribution in [-0.2, 0) is 14.3 Å². The molecule has 6 rings (SSSR count). The molecule has 0 amide bonds. The van der Waals surface area contributed by atoms with Gasteiger partial charge in [-0.25, -0.2) is 0 Å². The maximum Gasteiger partial charge on any atom is 0.310 e. The Morgan fingerprint density at radius 1 is 1.35 bits per heavy atom. The smallest absolute Gasteiger partial charge is 0.310 e. The van der Waals surface area contributed by atoms with Gasteiger partial charge in [0.25, 0.3) is 0 Å². The topological polar surface area (TPSA) is 42.1 Å². The Morgan fingerprint density at radius 3 is 3.10 bits per heavy atom. The zero-order chi connectivity index (χ0) is 13.3. The van der Waals surface area contributed by atoms with Crippen LogP contribution < -0.4 is 0 Å². The number of carbonyl (C=O) groups excluding carboxylic acids is 1. The summed E-state index contributed by atoms with van der Waals surface area (Å²) in [6.45, 7) is 4.65. The van der Waals surface area contributed by atoms with Crippen LogP contribution in [0.3, 0.4) is 0 Å². The zero-order valence-corrected chi connectivity index (χ0v) is 11.9. The number of carbonyl (C=O) groups is 1. The molecule has 0 aromatic heterocycles. The van der Waals surface area contributed by atoms with Gasteiger partial charge in [-0.05, 0) is 38.1 Å². The Hall–Kier alpha value is -0.610. The highest BCUT2D eigenvalue weighted by Gasteiger charge is 2.86. The predicted molar refractivity (Wildman–Crippen MR) is 69.9 cm³/mol. The summed E-state index contributed by atoms with van der Waals surface area (Å²) >= 11 is 0. The molecular weight excluding hydrogens is 254 g/mol. The Balaban J connectivity index is 1.63. The molecule has 2 bridgehead atoms. The van der Waals surface area contributed by atoms with Gasteiger partial charge in [-0.2, -0.15) is 0 Å². The summed E-state index contributed by atoms with van der Waals surface area (Å²) in [6.07, 6.45) is 5.67. The maximum atomic E-state index is 12.5.